The van der Waals surface area contributed by atoms with E-state index in [4.69, 9.17) is 0 Å². The summed E-state index contributed by atoms with van der Waals surface area (Å²) in [6.45, 7) is 1.69. The Labute approximate surface area is 213 Å². The van der Waals surface area contributed by atoms with E-state index in [1.165, 1.54) is 23.1 Å². The number of fused-ring (bicyclic) bond motifs is 1. The van der Waals surface area contributed by atoms with E-state index < -0.39 is 11.7 Å². The van der Waals surface area contributed by atoms with Crippen molar-refractivity contribution in [1.82, 2.24) is 25.1 Å². The van der Waals surface area contributed by atoms with E-state index in [-0.39, 0.29) is 11.8 Å². The number of amides is 1. The van der Waals surface area contributed by atoms with Gasteiger partial charge in [-0.15, -0.1) is 5.10 Å². The van der Waals surface area contributed by atoms with Gasteiger partial charge < -0.3 is 10.2 Å². The lowest BCUT2D eigenvalue weighted by molar-refractivity contribution is -0.137. The van der Waals surface area contributed by atoms with Crippen molar-refractivity contribution in [2.75, 3.05) is 18.0 Å². The first-order valence-corrected chi connectivity index (χ1v) is 12.2. The van der Waals surface area contributed by atoms with Crippen LogP contribution in [0.1, 0.15) is 24.0 Å². The summed E-state index contributed by atoms with van der Waals surface area (Å²) in [6.07, 6.45) is 0.335. The van der Waals surface area contributed by atoms with Gasteiger partial charge in [-0.1, -0.05) is 28.1 Å². The van der Waals surface area contributed by atoms with Crippen molar-refractivity contribution in [3.8, 4) is 5.69 Å². The quantitative estimate of drug-likeness (QED) is 0.367. The lowest BCUT2D eigenvalue weighted by Crippen LogP contribution is -2.43. The zero-order valence-electron chi connectivity index (χ0n) is 19.0. The summed E-state index contributed by atoms with van der Waals surface area (Å²) >= 11 is 3.41. The van der Waals surface area contributed by atoms with E-state index in [0.29, 0.717) is 35.6 Å². The first-order chi connectivity index (χ1) is 17.3. The molecule has 4 aromatic rings. The molecule has 1 aliphatic heterocycles. The Kier molecular flexibility index (Phi) is 6.65. The average Bonchev–Trinajstić information content (AvgIpc) is 3.32. The fraction of sp³-hybridized carbons (Fsp3) is 0.280. The number of anilines is 1. The summed E-state index contributed by atoms with van der Waals surface area (Å²) in [6, 6.07) is 12.6. The highest BCUT2D eigenvalue weighted by Crippen LogP contribution is 2.31. The van der Waals surface area contributed by atoms with Crippen LogP contribution in [-0.4, -0.2) is 38.7 Å². The third-order valence-electron chi connectivity index (χ3n) is 6.23. The SMILES string of the molecule is O=C(NCc1ccc(Br)cc1)C1CCCN(c2ncnc3nn(-c4ccc(C(F)(F)F)cc4)cc23)C1. The third-order valence-corrected chi connectivity index (χ3v) is 6.76. The standard InChI is InChI=1S/C25H22BrF3N6O/c26-19-7-3-16(4-8-19)12-30-24(36)17-2-1-11-34(13-17)23-21-14-35(33-22(21)31-15-32-23)20-9-5-18(6-10-20)25(27,28)29/h3-10,14-15,17H,1-2,11-13H2,(H,30,36). The monoisotopic (exact) mass is 558 g/mol. The number of alkyl halides is 3. The molecule has 0 spiro atoms. The normalized spacial score (nSPS) is 16.3. The number of hydrogen-bond donors (Lipinski definition) is 1. The van der Waals surface area contributed by atoms with E-state index in [9.17, 15) is 18.0 Å². The fourth-order valence-corrected chi connectivity index (χ4v) is 4.60. The molecule has 5 rings (SSSR count). The number of benzene rings is 2. The molecule has 0 aliphatic carbocycles. The van der Waals surface area contributed by atoms with Crippen molar-refractivity contribution in [3.63, 3.8) is 0 Å². The summed E-state index contributed by atoms with van der Waals surface area (Å²) in [5, 5.41) is 8.13. The van der Waals surface area contributed by atoms with Gasteiger partial charge in [0.15, 0.2) is 5.65 Å². The summed E-state index contributed by atoms with van der Waals surface area (Å²) in [4.78, 5) is 23.6. The van der Waals surface area contributed by atoms with E-state index in [0.717, 1.165) is 41.6 Å². The molecule has 7 nitrogen and oxygen atoms in total. The second kappa shape index (κ2) is 9.88. The van der Waals surface area contributed by atoms with Crippen LogP contribution in [0.3, 0.4) is 0 Å². The molecule has 2 aromatic heterocycles. The van der Waals surface area contributed by atoms with Crippen molar-refractivity contribution in [3.05, 3.63) is 76.7 Å². The number of nitrogens with one attached hydrogen (secondary N) is 1. The largest absolute Gasteiger partial charge is 0.416 e. The number of aromatic nitrogens is 4. The van der Waals surface area contributed by atoms with Crippen LogP contribution in [0.4, 0.5) is 19.0 Å². The van der Waals surface area contributed by atoms with Gasteiger partial charge in [0.05, 0.1) is 22.6 Å². The number of hydrogen-bond acceptors (Lipinski definition) is 5. The maximum absolute atomic E-state index is 12.9. The number of rotatable bonds is 5. The predicted octanol–water partition coefficient (Wildman–Crippen LogP) is 5.13. The minimum Gasteiger partial charge on any atom is -0.355 e. The molecule has 1 atom stereocenters. The third kappa shape index (κ3) is 5.20. The molecule has 0 radical (unpaired) electrons. The van der Waals surface area contributed by atoms with E-state index in [1.807, 2.05) is 24.3 Å². The highest BCUT2D eigenvalue weighted by molar-refractivity contribution is 9.10. The summed E-state index contributed by atoms with van der Waals surface area (Å²) in [7, 11) is 0. The van der Waals surface area contributed by atoms with Crippen LogP contribution in [0, 0.1) is 5.92 Å². The number of carbonyl (C=O) groups is 1. The molecular weight excluding hydrogens is 537 g/mol. The van der Waals surface area contributed by atoms with Crippen molar-refractivity contribution in [2.24, 2.45) is 5.92 Å². The van der Waals surface area contributed by atoms with Gasteiger partial charge in [0.2, 0.25) is 5.91 Å². The molecule has 1 fully saturated rings. The molecule has 1 saturated heterocycles. The van der Waals surface area contributed by atoms with Crippen LogP contribution in [0.5, 0.6) is 0 Å². The van der Waals surface area contributed by atoms with Crippen LogP contribution in [0.15, 0.2) is 65.5 Å². The van der Waals surface area contributed by atoms with Crippen molar-refractivity contribution < 1.29 is 18.0 Å². The van der Waals surface area contributed by atoms with Crippen molar-refractivity contribution in [1.29, 1.82) is 0 Å². The molecule has 1 amide bonds. The van der Waals surface area contributed by atoms with Crippen LogP contribution in [0.2, 0.25) is 0 Å². The van der Waals surface area contributed by atoms with Gasteiger partial charge >= 0.3 is 6.18 Å². The van der Waals surface area contributed by atoms with Crippen LogP contribution >= 0.6 is 15.9 Å². The smallest absolute Gasteiger partial charge is 0.355 e. The minimum atomic E-state index is -4.40. The molecule has 2 aromatic carbocycles. The fourth-order valence-electron chi connectivity index (χ4n) is 4.33. The number of nitrogens with zero attached hydrogens (tertiary/aromatic N) is 5. The zero-order chi connectivity index (χ0) is 25.3. The van der Waals surface area contributed by atoms with E-state index in [1.54, 1.807) is 6.20 Å². The Bertz CT molecular complexity index is 1370. The second-order valence-corrected chi connectivity index (χ2v) is 9.60. The van der Waals surface area contributed by atoms with Gasteiger partial charge in [-0.05, 0) is 54.8 Å². The Morgan fingerprint density at radius 3 is 2.56 bits per heavy atom. The molecule has 3 heterocycles. The Hall–Kier alpha value is -3.47. The highest BCUT2D eigenvalue weighted by Gasteiger charge is 2.30. The van der Waals surface area contributed by atoms with Crippen LogP contribution < -0.4 is 10.2 Å². The average molecular weight is 559 g/mol. The Balaban J connectivity index is 1.32. The van der Waals surface area contributed by atoms with Crippen molar-refractivity contribution >= 4 is 38.7 Å². The second-order valence-electron chi connectivity index (χ2n) is 8.68. The van der Waals surface area contributed by atoms with Gasteiger partial charge in [-0.3, -0.25) is 4.79 Å². The van der Waals surface area contributed by atoms with Crippen LogP contribution in [-0.2, 0) is 17.5 Å². The first-order valence-electron chi connectivity index (χ1n) is 11.4. The predicted molar refractivity (Wildman–Crippen MR) is 133 cm³/mol. The van der Waals surface area contributed by atoms with Gasteiger partial charge in [0.25, 0.3) is 0 Å². The minimum absolute atomic E-state index is 0.00614. The molecule has 36 heavy (non-hydrogen) atoms. The zero-order valence-corrected chi connectivity index (χ0v) is 20.6. The first kappa shape index (κ1) is 24.2. The molecule has 186 valence electrons. The number of carbonyl (C=O) groups excluding carboxylic acids is 1. The Morgan fingerprint density at radius 1 is 1.08 bits per heavy atom. The Morgan fingerprint density at radius 2 is 1.83 bits per heavy atom. The maximum Gasteiger partial charge on any atom is 0.416 e. The molecule has 0 saturated carbocycles. The summed E-state index contributed by atoms with van der Waals surface area (Å²) < 4.78 is 41.2. The van der Waals surface area contributed by atoms with Gasteiger partial charge in [-0.25, -0.2) is 14.6 Å². The van der Waals surface area contributed by atoms with Crippen LogP contribution in [0.25, 0.3) is 16.7 Å². The molecule has 1 unspecified atom stereocenters. The molecule has 0 bridgehead atoms. The summed E-state index contributed by atoms with van der Waals surface area (Å²) in [5.74, 6) is 0.459. The lowest BCUT2D eigenvalue weighted by atomic mass is 9.97. The van der Waals surface area contributed by atoms with Gasteiger partial charge in [0, 0.05) is 30.3 Å². The number of halogens is 4. The molecule has 11 heteroatoms. The number of piperidine rings is 1. The van der Waals surface area contributed by atoms with Gasteiger partial charge in [0.1, 0.15) is 12.1 Å². The molecular formula is C25H22BrF3N6O. The maximum atomic E-state index is 12.9. The van der Waals surface area contributed by atoms with Crippen molar-refractivity contribution in [2.45, 2.75) is 25.6 Å². The van der Waals surface area contributed by atoms with E-state index in [2.05, 4.69) is 41.2 Å². The molecule has 1 aliphatic rings. The van der Waals surface area contributed by atoms with E-state index >= 15 is 0 Å². The highest BCUT2D eigenvalue weighted by atomic mass is 79.9. The topological polar surface area (TPSA) is 75.9 Å². The lowest BCUT2D eigenvalue weighted by Gasteiger charge is -2.33. The molecule has 1 N–H and O–H groups in total. The summed E-state index contributed by atoms with van der Waals surface area (Å²) in [5.41, 5.74) is 1.21. The van der Waals surface area contributed by atoms with Gasteiger partial charge in [-0.2, -0.15) is 13.2 Å².